The molecule has 1 aromatic rings. The van der Waals surface area contributed by atoms with Crippen LogP contribution in [0.5, 0.6) is 0 Å². The van der Waals surface area contributed by atoms with Crippen molar-refractivity contribution in [3.05, 3.63) is 33.4 Å². The van der Waals surface area contributed by atoms with Crippen LogP contribution < -0.4 is 10.6 Å². The van der Waals surface area contributed by atoms with Gasteiger partial charge in [-0.25, -0.2) is 0 Å². The van der Waals surface area contributed by atoms with Crippen LogP contribution in [0.3, 0.4) is 0 Å². The van der Waals surface area contributed by atoms with Gasteiger partial charge in [-0.05, 0) is 56.7 Å². The highest BCUT2D eigenvalue weighted by Gasteiger charge is 2.20. The molecule has 0 unspecified atom stereocenters. The van der Waals surface area contributed by atoms with Gasteiger partial charge in [0.05, 0.1) is 11.0 Å². The van der Waals surface area contributed by atoms with Crippen LogP contribution in [0.25, 0.3) is 0 Å². The predicted octanol–water partition coefficient (Wildman–Crippen LogP) is 2.83. The Balaban J connectivity index is 1.94. The maximum Gasteiger partial charge on any atom is 0.293 e. The average Bonchev–Trinajstić information content (AvgIpc) is 2.49. The van der Waals surface area contributed by atoms with Gasteiger partial charge in [0, 0.05) is 6.07 Å². The summed E-state index contributed by atoms with van der Waals surface area (Å²) in [5.74, 6) is -0.177. The number of nitro groups is 1. The van der Waals surface area contributed by atoms with E-state index in [1.807, 2.05) is 13.8 Å². The van der Waals surface area contributed by atoms with Gasteiger partial charge in [0.15, 0.2) is 6.54 Å². The highest BCUT2D eigenvalue weighted by atomic mass is 16.6. The minimum absolute atomic E-state index is 0.0441. The number of benzene rings is 1. The molecule has 0 heterocycles. The summed E-state index contributed by atoms with van der Waals surface area (Å²) in [5.41, 5.74) is 2.03. The third-order valence-corrected chi connectivity index (χ3v) is 4.87. The molecule has 0 spiro atoms. The number of carbonyl (C=O) groups excluding carboxylic acids is 1. The highest BCUT2D eigenvalue weighted by molar-refractivity contribution is 5.93. The summed E-state index contributed by atoms with van der Waals surface area (Å²) in [6, 6.07) is 3.69. The Kier molecular flexibility index (Phi) is 6.73. The number of anilines is 1. The Morgan fingerprint density at radius 1 is 1.17 bits per heavy atom. The van der Waals surface area contributed by atoms with Gasteiger partial charge in [-0.15, -0.1) is 0 Å². The van der Waals surface area contributed by atoms with Gasteiger partial charge in [-0.2, -0.15) is 0 Å². The fourth-order valence-electron chi connectivity index (χ4n) is 3.25. The van der Waals surface area contributed by atoms with E-state index in [1.54, 1.807) is 6.07 Å². The molecule has 0 aliphatic heterocycles. The van der Waals surface area contributed by atoms with Crippen molar-refractivity contribution < 1.29 is 15.0 Å². The first-order valence-corrected chi connectivity index (χ1v) is 8.86. The molecule has 1 aromatic carbocycles. The molecule has 0 saturated heterocycles. The van der Waals surface area contributed by atoms with E-state index in [9.17, 15) is 14.9 Å². The summed E-state index contributed by atoms with van der Waals surface area (Å²) in [6.07, 6.45) is 8.64. The van der Waals surface area contributed by atoms with Crippen LogP contribution in [0.15, 0.2) is 12.1 Å². The summed E-state index contributed by atoms with van der Waals surface area (Å²) >= 11 is 0. The van der Waals surface area contributed by atoms with E-state index in [0.717, 1.165) is 24.0 Å². The maximum atomic E-state index is 12.2. The first kappa shape index (κ1) is 18.4. The Bertz CT molecular complexity index is 593. The van der Waals surface area contributed by atoms with Gasteiger partial charge in [0.25, 0.3) is 11.6 Å². The van der Waals surface area contributed by atoms with Crippen molar-refractivity contribution in [2.75, 3.05) is 11.9 Å². The lowest BCUT2D eigenvalue weighted by molar-refractivity contribution is -0.680. The van der Waals surface area contributed by atoms with Crippen LogP contribution in [0, 0.1) is 24.0 Å². The third kappa shape index (κ3) is 5.30. The molecule has 0 atom stereocenters. The van der Waals surface area contributed by atoms with E-state index >= 15 is 0 Å². The second-order valence-corrected chi connectivity index (χ2v) is 6.80. The van der Waals surface area contributed by atoms with Crippen LogP contribution in [0.2, 0.25) is 0 Å². The molecule has 1 aliphatic rings. The lowest BCUT2D eigenvalue weighted by Crippen LogP contribution is -2.91. The number of hydrogen-bond donors (Lipinski definition) is 2. The summed E-state index contributed by atoms with van der Waals surface area (Å²) in [4.78, 5) is 23.0. The van der Waals surface area contributed by atoms with Gasteiger partial charge >= 0.3 is 0 Å². The number of amides is 1. The van der Waals surface area contributed by atoms with Crippen molar-refractivity contribution in [1.29, 1.82) is 0 Å². The number of nitrogens with one attached hydrogen (secondary N) is 1. The molecule has 0 radical (unpaired) electrons. The molecule has 1 amide bonds. The molecule has 2 rings (SSSR count). The standard InChI is InChI=1S/C18H27N3O3/c1-13-10-16(17(21(23)24)11-14(13)2)20-18(22)12-19-15-8-6-4-3-5-7-9-15/h10-11,15,19H,3-9,12H2,1-2H3,(H,20,22)/p+1. The number of rotatable bonds is 5. The number of carbonyl (C=O) groups is 1. The molecule has 3 N–H and O–H groups in total. The number of quaternary nitrogens is 1. The van der Waals surface area contributed by atoms with E-state index in [4.69, 9.17) is 0 Å². The molecular weight excluding hydrogens is 306 g/mol. The van der Waals surface area contributed by atoms with E-state index in [1.165, 1.54) is 38.2 Å². The molecule has 6 nitrogen and oxygen atoms in total. The van der Waals surface area contributed by atoms with E-state index < -0.39 is 4.92 Å². The molecule has 6 heteroatoms. The number of nitro benzene ring substituents is 1. The minimum Gasteiger partial charge on any atom is -0.336 e. The van der Waals surface area contributed by atoms with Crippen LogP contribution in [0.4, 0.5) is 11.4 Å². The molecule has 24 heavy (non-hydrogen) atoms. The predicted molar refractivity (Wildman–Crippen MR) is 94.1 cm³/mol. The van der Waals surface area contributed by atoms with Gasteiger partial charge in [0.2, 0.25) is 0 Å². The smallest absolute Gasteiger partial charge is 0.293 e. The Morgan fingerprint density at radius 2 is 1.75 bits per heavy atom. The zero-order valence-corrected chi connectivity index (χ0v) is 14.6. The summed E-state index contributed by atoms with van der Waals surface area (Å²) in [7, 11) is 0. The van der Waals surface area contributed by atoms with Crippen molar-refractivity contribution in [2.45, 2.75) is 64.8 Å². The quantitative estimate of drug-likeness (QED) is 0.641. The Labute approximate surface area is 143 Å². The topological polar surface area (TPSA) is 88.8 Å². The number of nitrogens with two attached hydrogens (primary N) is 1. The molecule has 1 aliphatic carbocycles. The fourth-order valence-corrected chi connectivity index (χ4v) is 3.25. The first-order valence-electron chi connectivity index (χ1n) is 8.86. The molecule has 132 valence electrons. The van der Waals surface area contributed by atoms with Crippen molar-refractivity contribution in [3.63, 3.8) is 0 Å². The second-order valence-electron chi connectivity index (χ2n) is 6.80. The number of hydrogen-bond acceptors (Lipinski definition) is 3. The van der Waals surface area contributed by atoms with Gasteiger partial charge in [-0.1, -0.05) is 19.3 Å². The third-order valence-electron chi connectivity index (χ3n) is 4.87. The van der Waals surface area contributed by atoms with Crippen LogP contribution in [-0.4, -0.2) is 23.4 Å². The second kappa shape index (κ2) is 8.78. The molecule has 0 aromatic heterocycles. The zero-order chi connectivity index (χ0) is 17.5. The summed E-state index contributed by atoms with van der Waals surface area (Å²) < 4.78 is 0. The van der Waals surface area contributed by atoms with Gasteiger partial charge in [0.1, 0.15) is 5.69 Å². The molecule has 1 fully saturated rings. The molecule has 0 bridgehead atoms. The van der Waals surface area contributed by atoms with E-state index in [0.29, 0.717) is 18.3 Å². The van der Waals surface area contributed by atoms with Crippen molar-refractivity contribution in [3.8, 4) is 0 Å². The zero-order valence-electron chi connectivity index (χ0n) is 14.6. The lowest BCUT2D eigenvalue weighted by atomic mass is 9.97. The SMILES string of the molecule is Cc1cc(NC(=O)C[NH2+]C2CCCCCCC2)c([N+](=O)[O-])cc1C. The largest absolute Gasteiger partial charge is 0.336 e. The van der Waals surface area contributed by atoms with Gasteiger partial charge < -0.3 is 10.6 Å². The monoisotopic (exact) mass is 334 g/mol. The van der Waals surface area contributed by atoms with Crippen LogP contribution in [0.1, 0.15) is 56.1 Å². The number of aryl methyl sites for hydroxylation is 2. The minimum atomic E-state index is -0.444. The number of nitrogens with zero attached hydrogens (tertiary/aromatic N) is 1. The Morgan fingerprint density at radius 3 is 2.38 bits per heavy atom. The fraction of sp³-hybridized carbons (Fsp3) is 0.611. The lowest BCUT2D eigenvalue weighted by Gasteiger charge is -2.18. The maximum absolute atomic E-state index is 12.2. The van der Waals surface area contributed by atoms with Crippen LogP contribution >= 0.6 is 0 Å². The average molecular weight is 334 g/mol. The summed E-state index contributed by atoms with van der Waals surface area (Å²) in [6.45, 7) is 4.03. The van der Waals surface area contributed by atoms with Crippen molar-refractivity contribution in [1.82, 2.24) is 0 Å². The molecule has 1 saturated carbocycles. The van der Waals surface area contributed by atoms with Crippen molar-refractivity contribution >= 4 is 17.3 Å². The Hall–Kier alpha value is -1.95. The first-order chi connectivity index (χ1) is 11.5. The molecular formula is C18H28N3O3+. The van der Waals surface area contributed by atoms with Crippen LogP contribution in [-0.2, 0) is 4.79 Å². The normalized spacial score (nSPS) is 16.2. The summed E-state index contributed by atoms with van der Waals surface area (Å²) in [5, 5.41) is 16.0. The van der Waals surface area contributed by atoms with E-state index in [-0.39, 0.29) is 11.6 Å². The van der Waals surface area contributed by atoms with Gasteiger partial charge in [-0.3, -0.25) is 14.9 Å². The van der Waals surface area contributed by atoms with E-state index in [2.05, 4.69) is 10.6 Å². The van der Waals surface area contributed by atoms with Crippen molar-refractivity contribution in [2.24, 2.45) is 0 Å². The highest BCUT2D eigenvalue weighted by Crippen LogP contribution is 2.27.